The Morgan fingerprint density at radius 1 is 1.14 bits per heavy atom. The first-order valence-corrected chi connectivity index (χ1v) is 9.65. The average molecular weight is 373 g/mol. The van der Waals surface area contributed by atoms with Crippen molar-refractivity contribution in [3.05, 3.63) is 60.4 Å². The molecule has 2 aromatic heterocycles. The van der Waals surface area contributed by atoms with Crippen LogP contribution in [-0.2, 0) is 11.3 Å². The predicted octanol–water partition coefficient (Wildman–Crippen LogP) is 2.94. The molecule has 1 aliphatic rings. The first kappa shape index (κ1) is 18.1. The van der Waals surface area contributed by atoms with Crippen LogP contribution in [0.2, 0.25) is 0 Å². The molecule has 1 fully saturated rings. The number of nitrogens with zero attached hydrogens (tertiary/aromatic N) is 4. The molecule has 0 saturated carbocycles. The highest BCUT2D eigenvalue weighted by atomic mass is 16.1. The molecule has 28 heavy (non-hydrogen) atoms. The van der Waals surface area contributed by atoms with Gasteiger partial charge in [0.1, 0.15) is 24.1 Å². The molecule has 0 radical (unpaired) electrons. The van der Waals surface area contributed by atoms with E-state index in [4.69, 9.17) is 5.26 Å². The van der Waals surface area contributed by atoms with Gasteiger partial charge < -0.3 is 14.8 Å². The molecule has 1 saturated heterocycles. The number of nitrogens with one attached hydrogen (secondary N) is 1. The Balaban J connectivity index is 1.26. The van der Waals surface area contributed by atoms with Gasteiger partial charge in [-0.05, 0) is 48.4 Å². The number of nitriles is 1. The fourth-order valence-electron chi connectivity index (χ4n) is 3.78. The summed E-state index contributed by atoms with van der Waals surface area (Å²) in [7, 11) is 0. The van der Waals surface area contributed by atoms with Gasteiger partial charge in [-0.15, -0.1) is 0 Å². The van der Waals surface area contributed by atoms with Crippen molar-refractivity contribution in [1.29, 1.82) is 5.26 Å². The van der Waals surface area contributed by atoms with Crippen molar-refractivity contribution in [2.24, 2.45) is 5.92 Å². The van der Waals surface area contributed by atoms with E-state index in [1.807, 2.05) is 47.2 Å². The molecule has 1 aromatic carbocycles. The SMILES string of the molecule is N#Cc1cccc(N2CCC(CNC(=O)Cn3ccc4ccccc43)CC2)n1. The van der Waals surface area contributed by atoms with Crippen LogP contribution in [0.25, 0.3) is 10.9 Å². The molecule has 142 valence electrons. The van der Waals surface area contributed by atoms with Gasteiger partial charge in [0.05, 0.1) is 0 Å². The van der Waals surface area contributed by atoms with Crippen molar-refractivity contribution in [1.82, 2.24) is 14.9 Å². The second-order valence-corrected chi connectivity index (χ2v) is 7.23. The van der Waals surface area contributed by atoms with Crippen molar-refractivity contribution >= 4 is 22.6 Å². The molecule has 1 amide bonds. The Labute approximate surface area is 164 Å². The van der Waals surface area contributed by atoms with Crippen molar-refractivity contribution in [3.63, 3.8) is 0 Å². The Kier molecular flexibility index (Phi) is 5.24. The number of para-hydroxylation sites is 1. The summed E-state index contributed by atoms with van der Waals surface area (Å²) < 4.78 is 1.99. The smallest absolute Gasteiger partial charge is 0.239 e. The van der Waals surface area contributed by atoms with Gasteiger partial charge in [0, 0.05) is 31.3 Å². The second-order valence-electron chi connectivity index (χ2n) is 7.23. The van der Waals surface area contributed by atoms with E-state index < -0.39 is 0 Å². The van der Waals surface area contributed by atoms with Crippen LogP contribution in [0.3, 0.4) is 0 Å². The molecule has 3 aromatic rings. The van der Waals surface area contributed by atoms with E-state index in [1.165, 1.54) is 0 Å². The number of rotatable bonds is 5. The number of carbonyl (C=O) groups excluding carboxylic acids is 1. The maximum Gasteiger partial charge on any atom is 0.239 e. The van der Waals surface area contributed by atoms with Gasteiger partial charge >= 0.3 is 0 Å². The standard InChI is InChI=1S/C22H23N5O/c23-14-19-5-3-7-21(25-19)26-11-8-17(9-12-26)15-24-22(28)16-27-13-10-18-4-1-2-6-20(18)27/h1-7,10,13,17H,8-9,11-12,15-16H2,(H,24,28). The minimum Gasteiger partial charge on any atom is -0.357 e. The number of benzene rings is 1. The Bertz CT molecular complexity index is 1010. The molecule has 1 aliphatic heterocycles. The summed E-state index contributed by atoms with van der Waals surface area (Å²) in [6.07, 6.45) is 3.97. The molecule has 0 bridgehead atoms. The number of amides is 1. The van der Waals surface area contributed by atoms with Crippen molar-refractivity contribution in [2.45, 2.75) is 19.4 Å². The van der Waals surface area contributed by atoms with Gasteiger partial charge in [-0.1, -0.05) is 24.3 Å². The zero-order chi connectivity index (χ0) is 19.3. The highest BCUT2D eigenvalue weighted by molar-refractivity contribution is 5.83. The van der Waals surface area contributed by atoms with Crippen molar-refractivity contribution < 1.29 is 4.79 Å². The lowest BCUT2D eigenvalue weighted by molar-refractivity contribution is -0.121. The summed E-state index contributed by atoms with van der Waals surface area (Å²) in [4.78, 5) is 19.0. The van der Waals surface area contributed by atoms with Crippen LogP contribution >= 0.6 is 0 Å². The summed E-state index contributed by atoms with van der Waals surface area (Å²) in [6, 6.07) is 17.8. The van der Waals surface area contributed by atoms with E-state index >= 15 is 0 Å². The third kappa shape index (κ3) is 3.99. The maximum absolute atomic E-state index is 12.4. The highest BCUT2D eigenvalue weighted by Crippen LogP contribution is 2.21. The van der Waals surface area contributed by atoms with E-state index in [9.17, 15) is 4.79 Å². The monoisotopic (exact) mass is 373 g/mol. The molecular weight excluding hydrogens is 350 g/mol. The average Bonchev–Trinajstić information content (AvgIpc) is 3.15. The number of hydrogen-bond donors (Lipinski definition) is 1. The highest BCUT2D eigenvalue weighted by Gasteiger charge is 2.21. The fourth-order valence-corrected chi connectivity index (χ4v) is 3.78. The number of piperidine rings is 1. The quantitative estimate of drug-likeness (QED) is 0.746. The largest absolute Gasteiger partial charge is 0.357 e. The van der Waals surface area contributed by atoms with Crippen LogP contribution in [0, 0.1) is 17.2 Å². The molecule has 1 N–H and O–H groups in total. The molecule has 6 nitrogen and oxygen atoms in total. The van der Waals surface area contributed by atoms with Crippen LogP contribution in [0.15, 0.2) is 54.7 Å². The molecule has 0 atom stereocenters. The number of hydrogen-bond acceptors (Lipinski definition) is 4. The summed E-state index contributed by atoms with van der Waals surface area (Å²) in [5.74, 6) is 1.38. The normalized spacial score (nSPS) is 14.8. The summed E-state index contributed by atoms with van der Waals surface area (Å²) in [5.41, 5.74) is 1.53. The van der Waals surface area contributed by atoms with Crippen LogP contribution < -0.4 is 10.2 Å². The second kappa shape index (κ2) is 8.13. The van der Waals surface area contributed by atoms with Gasteiger partial charge in [0.15, 0.2) is 0 Å². The van der Waals surface area contributed by atoms with Gasteiger partial charge in [-0.25, -0.2) is 4.98 Å². The molecular formula is C22H23N5O. The van der Waals surface area contributed by atoms with E-state index in [0.717, 1.165) is 42.7 Å². The number of pyridine rings is 1. The summed E-state index contributed by atoms with van der Waals surface area (Å²) in [5, 5.41) is 13.2. The van der Waals surface area contributed by atoms with Crippen LogP contribution in [0.4, 0.5) is 5.82 Å². The molecule has 6 heteroatoms. The lowest BCUT2D eigenvalue weighted by Gasteiger charge is -2.32. The van der Waals surface area contributed by atoms with Crippen LogP contribution in [-0.4, -0.2) is 35.1 Å². The van der Waals surface area contributed by atoms with Gasteiger partial charge in [-0.3, -0.25) is 4.79 Å². The van der Waals surface area contributed by atoms with E-state index in [0.29, 0.717) is 24.7 Å². The first-order valence-electron chi connectivity index (χ1n) is 9.65. The summed E-state index contributed by atoms with van der Waals surface area (Å²) in [6.45, 7) is 2.84. The Morgan fingerprint density at radius 2 is 1.96 bits per heavy atom. The molecule has 0 unspecified atom stereocenters. The molecule has 4 rings (SSSR count). The first-order chi connectivity index (χ1) is 13.7. The topological polar surface area (TPSA) is 74.0 Å². The zero-order valence-corrected chi connectivity index (χ0v) is 15.7. The van der Waals surface area contributed by atoms with Crippen LogP contribution in [0.5, 0.6) is 0 Å². The molecule has 3 heterocycles. The maximum atomic E-state index is 12.4. The Hall–Kier alpha value is -3.33. The number of fused-ring (bicyclic) bond motifs is 1. The Morgan fingerprint density at radius 3 is 2.79 bits per heavy atom. The number of carbonyl (C=O) groups is 1. The van der Waals surface area contributed by atoms with E-state index in [-0.39, 0.29) is 5.91 Å². The van der Waals surface area contributed by atoms with Gasteiger partial charge in [-0.2, -0.15) is 5.26 Å². The number of aromatic nitrogens is 2. The fraction of sp³-hybridized carbons (Fsp3) is 0.318. The van der Waals surface area contributed by atoms with E-state index in [1.54, 1.807) is 6.07 Å². The summed E-state index contributed by atoms with van der Waals surface area (Å²) >= 11 is 0. The third-order valence-corrected chi connectivity index (χ3v) is 5.37. The van der Waals surface area contributed by atoms with Crippen LogP contribution in [0.1, 0.15) is 18.5 Å². The van der Waals surface area contributed by atoms with Gasteiger partial charge in [0.25, 0.3) is 0 Å². The lowest BCUT2D eigenvalue weighted by Crippen LogP contribution is -2.39. The van der Waals surface area contributed by atoms with Crippen molar-refractivity contribution in [3.8, 4) is 6.07 Å². The third-order valence-electron chi connectivity index (χ3n) is 5.37. The predicted molar refractivity (Wildman–Crippen MR) is 109 cm³/mol. The minimum absolute atomic E-state index is 0.0483. The van der Waals surface area contributed by atoms with Crippen molar-refractivity contribution in [2.75, 3.05) is 24.5 Å². The van der Waals surface area contributed by atoms with Gasteiger partial charge in [0.2, 0.25) is 5.91 Å². The zero-order valence-electron chi connectivity index (χ0n) is 15.7. The lowest BCUT2D eigenvalue weighted by atomic mass is 9.97. The molecule has 0 aliphatic carbocycles. The molecule has 0 spiro atoms. The van der Waals surface area contributed by atoms with E-state index in [2.05, 4.69) is 27.3 Å². The number of anilines is 1. The minimum atomic E-state index is 0.0483.